The lowest BCUT2D eigenvalue weighted by Gasteiger charge is -2.35. The lowest BCUT2D eigenvalue weighted by Crippen LogP contribution is -2.48. The average molecular weight is 491 g/mol. The normalized spacial score (nSPS) is 17.3. The molecule has 0 aromatic heterocycles. The molecule has 1 fully saturated rings. The molecule has 0 amide bonds. The maximum atomic E-state index is 13.0. The van der Waals surface area contributed by atoms with Gasteiger partial charge in [0.25, 0.3) is 0 Å². The summed E-state index contributed by atoms with van der Waals surface area (Å²) < 4.78 is 13.0. The summed E-state index contributed by atoms with van der Waals surface area (Å²) in [5, 5.41) is 3.47. The maximum Gasteiger partial charge on any atom is 0.193 e. The summed E-state index contributed by atoms with van der Waals surface area (Å²) in [5.74, 6) is 1.23. The van der Waals surface area contributed by atoms with Crippen molar-refractivity contribution in [3.05, 3.63) is 35.6 Å². The van der Waals surface area contributed by atoms with E-state index in [0.717, 1.165) is 44.2 Å². The van der Waals surface area contributed by atoms with Gasteiger partial charge in [-0.2, -0.15) is 0 Å². The third-order valence-electron chi connectivity index (χ3n) is 5.00. The number of nitrogens with zero attached hydrogens (tertiary/aromatic N) is 4. The number of piperazine rings is 1. The second kappa shape index (κ2) is 12.5. The molecule has 1 heterocycles. The van der Waals surface area contributed by atoms with Gasteiger partial charge >= 0.3 is 0 Å². The Morgan fingerprint density at radius 1 is 1.19 bits per heavy atom. The van der Waals surface area contributed by atoms with Crippen molar-refractivity contribution in [1.82, 2.24) is 20.0 Å². The van der Waals surface area contributed by atoms with Gasteiger partial charge in [-0.25, -0.2) is 4.39 Å². The monoisotopic (exact) mass is 491 g/mol. The molecule has 1 aliphatic rings. The fraction of sp³-hybridized carbons (Fsp3) is 0.650. The highest BCUT2D eigenvalue weighted by Crippen LogP contribution is 2.07. The number of halogens is 2. The summed E-state index contributed by atoms with van der Waals surface area (Å²) in [4.78, 5) is 11.5. The fourth-order valence-electron chi connectivity index (χ4n) is 3.38. The van der Waals surface area contributed by atoms with Crippen LogP contribution in [-0.4, -0.2) is 80.6 Å². The Labute approximate surface area is 181 Å². The Morgan fingerprint density at radius 3 is 2.33 bits per heavy atom. The average Bonchev–Trinajstić information content (AvgIpc) is 2.64. The second-order valence-corrected chi connectivity index (χ2v) is 7.25. The van der Waals surface area contributed by atoms with Crippen LogP contribution >= 0.6 is 24.0 Å². The number of rotatable bonds is 7. The molecule has 2 rings (SSSR count). The number of likely N-dealkylation sites (N-methyl/N-ethyl adjacent to an activating group) is 1. The molecule has 0 aliphatic carbocycles. The molecule has 1 N–H and O–H groups in total. The van der Waals surface area contributed by atoms with Crippen LogP contribution in [0.4, 0.5) is 4.39 Å². The minimum atomic E-state index is -0.201. The quantitative estimate of drug-likeness (QED) is 0.362. The summed E-state index contributed by atoms with van der Waals surface area (Å²) in [7, 11) is 3.81. The van der Waals surface area contributed by atoms with Gasteiger partial charge in [0.1, 0.15) is 5.82 Å². The van der Waals surface area contributed by atoms with E-state index in [1.54, 1.807) is 7.05 Å². The Hall–Kier alpha value is -0.930. The van der Waals surface area contributed by atoms with E-state index in [-0.39, 0.29) is 29.8 Å². The lowest BCUT2D eigenvalue weighted by molar-refractivity contribution is 0.124. The molecule has 0 bridgehead atoms. The van der Waals surface area contributed by atoms with Crippen molar-refractivity contribution in [1.29, 1.82) is 0 Å². The molecule has 5 nitrogen and oxygen atoms in total. The molecular weight excluding hydrogens is 456 g/mol. The standard InChI is InChI=1S/C20H34FN5.HI/c1-5-25-10-12-26(13-11-25)15-17(2)14-23-20(22-3)24(4)16-18-6-8-19(21)9-7-18;/h6-9,17H,5,10-16H2,1-4H3,(H,22,23);1H. The first-order chi connectivity index (χ1) is 12.5. The largest absolute Gasteiger partial charge is 0.356 e. The molecular formula is C20H35FIN5. The van der Waals surface area contributed by atoms with Gasteiger partial charge in [-0.1, -0.05) is 26.0 Å². The molecule has 1 aromatic carbocycles. The third kappa shape index (κ3) is 8.31. The third-order valence-corrected chi connectivity index (χ3v) is 5.00. The fourth-order valence-corrected chi connectivity index (χ4v) is 3.38. The zero-order valence-electron chi connectivity index (χ0n) is 17.1. The molecule has 1 aromatic rings. The lowest BCUT2D eigenvalue weighted by atomic mass is 10.1. The van der Waals surface area contributed by atoms with Gasteiger partial charge < -0.3 is 20.0 Å². The van der Waals surface area contributed by atoms with Gasteiger partial charge in [-0.05, 0) is 30.2 Å². The van der Waals surface area contributed by atoms with Crippen LogP contribution in [0.3, 0.4) is 0 Å². The summed E-state index contributed by atoms with van der Waals surface area (Å²) in [6, 6.07) is 6.63. The molecule has 154 valence electrons. The van der Waals surface area contributed by atoms with E-state index in [1.807, 2.05) is 19.2 Å². The van der Waals surface area contributed by atoms with Crippen LogP contribution in [0.25, 0.3) is 0 Å². The van der Waals surface area contributed by atoms with Crippen molar-refractivity contribution in [3.63, 3.8) is 0 Å². The van der Waals surface area contributed by atoms with Gasteiger partial charge in [0.05, 0.1) is 0 Å². The Morgan fingerprint density at radius 2 is 1.78 bits per heavy atom. The van der Waals surface area contributed by atoms with Crippen LogP contribution in [0.15, 0.2) is 29.3 Å². The Balaban J connectivity index is 0.00000364. The number of guanidine groups is 1. The van der Waals surface area contributed by atoms with Gasteiger partial charge in [-0.3, -0.25) is 4.99 Å². The van der Waals surface area contributed by atoms with Crippen LogP contribution in [0.2, 0.25) is 0 Å². The summed E-state index contributed by atoms with van der Waals surface area (Å²) >= 11 is 0. The van der Waals surface area contributed by atoms with E-state index in [0.29, 0.717) is 12.5 Å². The van der Waals surface area contributed by atoms with Crippen LogP contribution in [0, 0.1) is 11.7 Å². The van der Waals surface area contributed by atoms with Crippen LogP contribution < -0.4 is 5.32 Å². The Kier molecular flexibility index (Phi) is 11.2. The van der Waals surface area contributed by atoms with Crippen molar-refractivity contribution in [2.24, 2.45) is 10.9 Å². The van der Waals surface area contributed by atoms with Crippen molar-refractivity contribution >= 4 is 29.9 Å². The number of benzene rings is 1. The van der Waals surface area contributed by atoms with E-state index >= 15 is 0 Å². The van der Waals surface area contributed by atoms with E-state index in [9.17, 15) is 4.39 Å². The maximum absolute atomic E-state index is 13.0. The molecule has 0 saturated carbocycles. The summed E-state index contributed by atoms with van der Waals surface area (Å²) in [6.07, 6.45) is 0. The van der Waals surface area contributed by atoms with Crippen LogP contribution in [-0.2, 0) is 6.54 Å². The zero-order valence-corrected chi connectivity index (χ0v) is 19.4. The second-order valence-electron chi connectivity index (χ2n) is 7.25. The minimum Gasteiger partial charge on any atom is -0.356 e. The van der Waals surface area contributed by atoms with E-state index < -0.39 is 0 Å². The van der Waals surface area contributed by atoms with Crippen LogP contribution in [0.1, 0.15) is 19.4 Å². The highest BCUT2D eigenvalue weighted by molar-refractivity contribution is 14.0. The SMILES string of the molecule is CCN1CCN(CC(C)CNC(=NC)N(C)Cc2ccc(F)cc2)CC1.I. The molecule has 0 radical (unpaired) electrons. The molecule has 1 atom stereocenters. The molecule has 27 heavy (non-hydrogen) atoms. The van der Waals surface area contributed by atoms with Crippen molar-refractivity contribution < 1.29 is 4.39 Å². The molecule has 1 saturated heterocycles. The molecule has 0 spiro atoms. The number of hydrogen-bond donors (Lipinski definition) is 1. The van der Waals surface area contributed by atoms with Gasteiger partial charge in [0, 0.05) is 59.9 Å². The number of hydrogen-bond acceptors (Lipinski definition) is 3. The zero-order chi connectivity index (χ0) is 18.9. The van der Waals surface area contributed by atoms with Crippen molar-refractivity contribution in [2.45, 2.75) is 20.4 Å². The molecule has 7 heteroatoms. The smallest absolute Gasteiger partial charge is 0.193 e. The topological polar surface area (TPSA) is 34.1 Å². The predicted octanol–water partition coefficient (Wildman–Crippen LogP) is 2.72. The van der Waals surface area contributed by atoms with E-state index in [2.05, 4.69) is 38.9 Å². The first-order valence-electron chi connectivity index (χ1n) is 9.62. The highest BCUT2D eigenvalue weighted by Gasteiger charge is 2.17. The summed E-state index contributed by atoms with van der Waals surface area (Å²) in [6.45, 7) is 13.1. The van der Waals surface area contributed by atoms with Gasteiger partial charge in [0.2, 0.25) is 0 Å². The summed E-state index contributed by atoms with van der Waals surface area (Å²) in [5.41, 5.74) is 1.07. The van der Waals surface area contributed by atoms with E-state index in [4.69, 9.17) is 0 Å². The number of nitrogens with one attached hydrogen (secondary N) is 1. The highest BCUT2D eigenvalue weighted by atomic mass is 127. The minimum absolute atomic E-state index is 0. The molecule has 1 unspecified atom stereocenters. The van der Waals surface area contributed by atoms with Gasteiger partial charge in [-0.15, -0.1) is 24.0 Å². The molecule has 1 aliphatic heterocycles. The van der Waals surface area contributed by atoms with Crippen molar-refractivity contribution in [3.8, 4) is 0 Å². The van der Waals surface area contributed by atoms with Crippen LogP contribution in [0.5, 0.6) is 0 Å². The first kappa shape index (κ1) is 24.1. The first-order valence-corrected chi connectivity index (χ1v) is 9.62. The Bertz CT molecular complexity index is 558. The van der Waals surface area contributed by atoms with E-state index in [1.165, 1.54) is 25.2 Å². The number of aliphatic imine (C=N–C) groups is 1. The van der Waals surface area contributed by atoms with Crippen molar-refractivity contribution in [2.75, 3.05) is 59.9 Å². The predicted molar refractivity (Wildman–Crippen MR) is 122 cm³/mol. The van der Waals surface area contributed by atoms with Gasteiger partial charge in [0.15, 0.2) is 5.96 Å².